The van der Waals surface area contributed by atoms with Gasteiger partial charge in [0.05, 0.1) is 50.7 Å². The summed E-state index contributed by atoms with van der Waals surface area (Å²) in [6, 6.07) is 15.1. The Labute approximate surface area is 405 Å². The second-order valence-electron chi connectivity index (χ2n) is 13.2. The van der Waals surface area contributed by atoms with Crippen molar-refractivity contribution >= 4 is 86.3 Å². The van der Waals surface area contributed by atoms with E-state index in [0.29, 0.717) is 55.8 Å². The van der Waals surface area contributed by atoms with Gasteiger partial charge in [0.15, 0.2) is 46.0 Å². The normalized spacial score (nSPS) is 20.6. The van der Waals surface area contributed by atoms with Crippen molar-refractivity contribution in [1.29, 1.82) is 0 Å². The van der Waals surface area contributed by atoms with Crippen molar-refractivity contribution in [3.63, 3.8) is 0 Å². The predicted molar refractivity (Wildman–Crippen MR) is 266 cm³/mol. The Morgan fingerprint density at radius 2 is 1.16 bits per heavy atom. The number of methoxy groups -OCH3 is 6. The van der Waals surface area contributed by atoms with Gasteiger partial charge in [-0.05, 0) is 100 Å². The average molecular weight is 1470 g/mol. The largest absolute Gasteiger partial charge is 0.493 e. The number of halogens is 6. The predicted octanol–water partition coefficient (Wildman–Crippen LogP) is 7.75. The zero-order valence-electron chi connectivity index (χ0n) is 40.4. The Bertz CT molecular complexity index is 2320. The molecule has 10 nitrogen and oxygen atoms in total. The van der Waals surface area contributed by atoms with Crippen molar-refractivity contribution < 1.29 is 64.2 Å². The molecule has 314 valence electrons. The van der Waals surface area contributed by atoms with Crippen LogP contribution in [0.1, 0.15) is 68.9 Å². The van der Waals surface area contributed by atoms with Gasteiger partial charge in [-0.3, -0.25) is 9.80 Å². The van der Waals surface area contributed by atoms with Gasteiger partial charge in [0.2, 0.25) is 0 Å². The summed E-state index contributed by atoms with van der Waals surface area (Å²) in [5, 5.41) is 20.6. The van der Waals surface area contributed by atoms with Crippen LogP contribution in [0.5, 0.6) is 46.0 Å². The number of ether oxygens (including phenoxy) is 6. The van der Waals surface area contributed by atoms with Gasteiger partial charge in [0.1, 0.15) is 0 Å². The van der Waals surface area contributed by atoms with Crippen LogP contribution < -0.4 is 41.7 Å². The van der Waals surface area contributed by atoms with Crippen LogP contribution in [0.25, 0.3) is 0 Å². The zero-order valence-corrected chi connectivity index (χ0v) is 44.4. The topological polar surface area (TPSA) is 102 Å². The van der Waals surface area contributed by atoms with Gasteiger partial charge < -0.3 is 38.6 Å². The van der Waals surface area contributed by atoms with Crippen LogP contribution in [0.2, 0.25) is 0 Å². The molecule has 4 aliphatic rings. The number of fused-ring (bicyclic) bond motifs is 8. The monoisotopic (exact) mass is 1470 g/mol. The summed E-state index contributed by atoms with van der Waals surface area (Å²) >= 11 is 9.75. The van der Waals surface area contributed by atoms with Gasteiger partial charge >= 0.3 is 77.0 Å². The number of rotatable bonds is 7. The molecule has 0 aromatic heterocycles. The first-order chi connectivity index (χ1) is 30.9. The summed E-state index contributed by atoms with van der Waals surface area (Å²) in [6.45, 7) is 2.85. The Morgan fingerprint density at radius 3 is 1.70 bits per heavy atom. The summed E-state index contributed by atoms with van der Waals surface area (Å²) in [6.07, 6.45) is 3.07. The van der Waals surface area contributed by atoms with E-state index < -0.39 is 18.9 Å². The number of hydrogen-bond acceptors (Lipinski definition) is 10. The number of benzene rings is 4. The minimum atomic E-state index is -2.59. The van der Waals surface area contributed by atoms with Crippen molar-refractivity contribution in [2.75, 3.05) is 60.5 Å². The average Bonchev–Trinajstić information content (AvgIpc) is 3.24. The third-order valence-corrected chi connectivity index (χ3v) is 93.3. The molecule has 0 spiro atoms. The van der Waals surface area contributed by atoms with Crippen LogP contribution in [0.3, 0.4) is 0 Å². The molecule has 0 amide bonds. The molecule has 2 N–H and O–H groups in total. The van der Waals surface area contributed by atoms with E-state index >= 15 is 0 Å². The number of phenolic OH excluding ortho intramolecular Hbond substituents is 2. The van der Waals surface area contributed by atoms with Gasteiger partial charge in [-0.2, -0.15) is 0 Å². The van der Waals surface area contributed by atoms with Crippen LogP contribution in [-0.2, 0) is 38.8 Å². The number of aromatic hydroxyl groups is 2. The van der Waals surface area contributed by atoms with Crippen molar-refractivity contribution in [2.24, 2.45) is 0 Å². The molecule has 2 atom stereocenters. The Balaban J connectivity index is 0.000000210. The molecule has 4 aromatic carbocycles. The summed E-state index contributed by atoms with van der Waals surface area (Å²) in [7, 11) is 0.685. The van der Waals surface area contributed by atoms with Gasteiger partial charge in [0, 0.05) is 53.5 Å². The smallest absolute Gasteiger partial charge is 0.165 e. The molecule has 0 saturated heterocycles. The standard InChI is InChI=1S/C21H25NO4.C19H21NO4.CH3I.I5/c1-23-18-6-5-13-9-17-15-11-20(25-3)19(24-2)10-14(15)7-8-22(17)12-16(13)21(18)26-4;1-23-17-4-3-11-7-15-13-9-16(21)18(24-2)8-12(13)5-6-20(15)10-14(11)19(17)22;1-2;1-4-5(2)3/h5-6,10-11,17H,7-9,12H2,1-4H3;3-4,8-9,15,21-22H,5-7,10H2,1-2H3;1H3;/q;;;-1/t17-;15-;;/m00../s1/i3D3,4D3;;1D3;. The summed E-state index contributed by atoms with van der Waals surface area (Å²) in [5.74, 6) is 2.68. The van der Waals surface area contributed by atoms with E-state index in [0.717, 1.165) is 71.3 Å². The second-order valence-corrected chi connectivity index (χ2v) is 78.2. The first-order valence-corrected chi connectivity index (χ1v) is 43.6. The van der Waals surface area contributed by atoms with E-state index in [2.05, 4.69) is 65.6 Å². The second kappa shape index (κ2) is 22.6. The van der Waals surface area contributed by atoms with Gasteiger partial charge in [0.25, 0.3) is 0 Å². The van der Waals surface area contributed by atoms with E-state index in [1.54, 1.807) is 26.4 Å². The molecule has 0 bridgehead atoms. The molecule has 0 aliphatic carbocycles. The third kappa shape index (κ3) is 10.8. The van der Waals surface area contributed by atoms with Crippen LogP contribution in [0.4, 0.5) is 0 Å². The molecular formula is C41H49I6N2O8-. The van der Waals surface area contributed by atoms with Crippen molar-refractivity contribution in [1.82, 2.24) is 9.80 Å². The van der Waals surface area contributed by atoms with Crippen LogP contribution >= 0.6 is 86.3 Å². The molecule has 4 heterocycles. The molecule has 4 aliphatic heterocycles. The minimum Gasteiger partial charge on any atom is -0.493 e. The molecule has 8 rings (SSSR count). The Kier molecular flexibility index (Phi) is 14.3. The summed E-state index contributed by atoms with van der Waals surface area (Å²) in [4.78, 5) is 2.82. The zero-order chi connectivity index (χ0) is 48.9. The quantitative estimate of drug-likeness (QED) is 0.141. The molecular weight excluding hydrogens is 1410 g/mol. The van der Waals surface area contributed by atoms with Crippen LogP contribution in [-0.4, -0.2) is 80.5 Å². The fourth-order valence-corrected chi connectivity index (χ4v) is 8.09. The van der Waals surface area contributed by atoms with Crippen LogP contribution in [0, 0.1) is 0 Å². The van der Waals surface area contributed by atoms with Gasteiger partial charge in [-0.15, -0.1) is 0 Å². The fourth-order valence-electron chi connectivity index (χ4n) is 8.09. The number of hydrogen-bond donors (Lipinski definition) is 2. The molecule has 0 fully saturated rings. The first-order valence-electron chi connectivity index (χ1n) is 21.9. The molecule has 0 radical (unpaired) electrons. The molecule has 57 heavy (non-hydrogen) atoms. The molecule has 4 aromatic rings. The summed E-state index contributed by atoms with van der Waals surface area (Å²) < 4.78 is 95.5. The Morgan fingerprint density at radius 1 is 0.667 bits per heavy atom. The van der Waals surface area contributed by atoms with E-state index in [9.17, 15) is 10.2 Å². The van der Waals surface area contributed by atoms with Gasteiger partial charge in [-0.1, -0.05) is 34.7 Å². The number of nitrogens with zero attached hydrogens (tertiary/aromatic N) is 2. The maximum Gasteiger partial charge on any atom is 0.165 e. The SMILES string of the molecule is COc1cc2c(cc1O)[C@@H]1Cc3ccc(OC)c(O)c3CN1CC2.I[I-]I(I)I.[2H]C([2H])([2H])I.[2H]C([2H])([2H])Oc1cc2c(cc1OC)CCN1Cc3c(ccc(OC)c3OC([2H])([2H])[2H])C[C@@H]21. The van der Waals surface area contributed by atoms with E-state index in [1.165, 1.54) is 42.4 Å². The van der Waals surface area contributed by atoms with Crippen molar-refractivity contribution in [2.45, 2.75) is 50.9 Å². The first kappa shape index (κ1) is 36.1. The maximum absolute atomic E-state index is 10.4. The summed E-state index contributed by atoms with van der Waals surface area (Å²) in [5.41, 5.74) is 8.30. The third-order valence-electron chi connectivity index (χ3n) is 10.7. The van der Waals surface area contributed by atoms with Crippen molar-refractivity contribution in [3.8, 4) is 46.0 Å². The van der Waals surface area contributed by atoms with Crippen molar-refractivity contribution in [3.05, 3.63) is 93.0 Å². The van der Waals surface area contributed by atoms with Crippen LogP contribution in [0.15, 0.2) is 48.5 Å². The number of phenols is 2. The Hall–Kier alpha value is -0.420. The number of alkyl halides is 1. The molecule has 16 heteroatoms. The molecule has 0 saturated carbocycles. The van der Waals surface area contributed by atoms with E-state index in [-0.39, 0.29) is 43.0 Å². The van der Waals surface area contributed by atoms with E-state index in [4.69, 9.17) is 40.8 Å². The van der Waals surface area contributed by atoms with E-state index in [1.807, 2.05) is 36.4 Å². The van der Waals surface area contributed by atoms with Gasteiger partial charge in [-0.25, -0.2) is 0 Å². The molecule has 0 unspecified atom stereocenters. The minimum absolute atomic E-state index is 0.00915. The fraction of sp³-hybridized carbons (Fsp3) is 0.415. The maximum atomic E-state index is 10.4.